The second-order valence-electron chi connectivity index (χ2n) is 3.50. The minimum atomic E-state index is -4.70. The lowest BCUT2D eigenvalue weighted by atomic mass is 11.8. The fraction of sp³-hybridized carbons (Fsp3) is 1.00. The largest absolute Gasteiger partial charge is 0.342 e. The second kappa shape index (κ2) is 4.13. The van der Waals surface area contributed by atoms with Crippen molar-refractivity contribution in [3.8, 4) is 0 Å². The molecule has 1 saturated heterocycles. The molecule has 13 heteroatoms. The van der Waals surface area contributed by atoms with Crippen molar-refractivity contribution in [3.63, 3.8) is 0 Å². The summed E-state index contributed by atoms with van der Waals surface area (Å²) in [6.45, 7) is 0. The van der Waals surface area contributed by atoms with E-state index in [1.165, 1.54) is 0 Å². The standard InChI is InChI=1S/C3H10O9P4/c4-13(1-14(5,6)7)2-15(8,9)12-16(10,11)3-13/h1-3H2,(H,8,9)(H,10,11)(H2,5,6,7). The van der Waals surface area contributed by atoms with Crippen LogP contribution in [-0.4, -0.2) is 37.3 Å². The van der Waals surface area contributed by atoms with E-state index in [9.17, 15) is 18.3 Å². The highest BCUT2D eigenvalue weighted by atomic mass is 31.3. The summed E-state index contributed by atoms with van der Waals surface area (Å²) in [6.07, 6.45) is 0. The smallest absolute Gasteiger partial charge is 0.324 e. The molecular weight excluding hydrogens is 304 g/mol. The molecule has 0 radical (unpaired) electrons. The number of hydrogen-bond acceptors (Lipinski definition) is 5. The highest BCUT2D eigenvalue weighted by Crippen LogP contribution is 2.79. The minimum Gasteiger partial charge on any atom is -0.324 e. The van der Waals surface area contributed by atoms with Crippen LogP contribution in [-0.2, 0) is 22.6 Å². The molecule has 1 fully saturated rings. The average Bonchev–Trinajstić information content (AvgIpc) is 1.66. The van der Waals surface area contributed by atoms with E-state index in [2.05, 4.69) is 4.31 Å². The van der Waals surface area contributed by atoms with Crippen LogP contribution in [0.4, 0.5) is 0 Å². The van der Waals surface area contributed by atoms with Gasteiger partial charge in [-0.1, -0.05) is 0 Å². The predicted molar refractivity (Wildman–Crippen MR) is 55.0 cm³/mol. The van der Waals surface area contributed by atoms with Gasteiger partial charge in [-0.2, -0.15) is 0 Å². The summed E-state index contributed by atoms with van der Waals surface area (Å²) in [5.74, 6) is -3.15. The zero-order valence-corrected chi connectivity index (χ0v) is 11.3. The Morgan fingerprint density at radius 3 is 1.75 bits per heavy atom. The number of hydrogen-bond donors (Lipinski definition) is 4. The first kappa shape index (κ1) is 14.8. The molecule has 16 heavy (non-hydrogen) atoms. The summed E-state index contributed by atoms with van der Waals surface area (Å²) in [7, 11) is -17.7. The quantitative estimate of drug-likeness (QED) is 0.541. The van der Waals surface area contributed by atoms with Gasteiger partial charge in [0.2, 0.25) is 0 Å². The third-order valence-corrected chi connectivity index (χ3v) is 14.1. The summed E-state index contributed by atoms with van der Waals surface area (Å²) in [5, 5.41) is 0. The molecule has 0 spiro atoms. The van der Waals surface area contributed by atoms with E-state index in [0.29, 0.717) is 0 Å². The van der Waals surface area contributed by atoms with Crippen LogP contribution in [0.5, 0.6) is 0 Å². The first-order valence-electron chi connectivity index (χ1n) is 3.79. The molecule has 0 aromatic carbocycles. The summed E-state index contributed by atoms with van der Waals surface area (Å²) in [6, 6.07) is 0. The molecular formula is C3H10O9P4. The summed E-state index contributed by atoms with van der Waals surface area (Å²) >= 11 is 0. The molecule has 0 aliphatic carbocycles. The fourth-order valence-corrected chi connectivity index (χ4v) is 15.7. The Labute approximate surface area is 90.4 Å². The average molecular weight is 314 g/mol. The first-order chi connectivity index (χ1) is 6.83. The van der Waals surface area contributed by atoms with Crippen LogP contribution in [0.15, 0.2) is 0 Å². The zero-order chi connectivity index (χ0) is 12.8. The highest BCUT2D eigenvalue weighted by Gasteiger charge is 2.51. The molecule has 4 N–H and O–H groups in total. The molecule has 96 valence electrons. The molecule has 9 nitrogen and oxygen atoms in total. The Hall–Kier alpha value is 0.720. The Balaban J connectivity index is 3.07. The van der Waals surface area contributed by atoms with Gasteiger partial charge in [0, 0.05) is 0 Å². The summed E-state index contributed by atoms with van der Waals surface area (Å²) < 4.78 is 48.7. The third kappa shape index (κ3) is 4.53. The van der Waals surface area contributed by atoms with Gasteiger partial charge in [-0.25, -0.2) is 4.31 Å². The summed E-state index contributed by atoms with van der Waals surface area (Å²) in [5.41, 5.74) is 0. The van der Waals surface area contributed by atoms with Crippen LogP contribution < -0.4 is 0 Å². The fourth-order valence-electron chi connectivity index (χ4n) is 1.37. The van der Waals surface area contributed by atoms with Crippen LogP contribution in [0.25, 0.3) is 0 Å². The lowest BCUT2D eigenvalue weighted by molar-refractivity contribution is 0.335. The lowest BCUT2D eigenvalue weighted by Gasteiger charge is -2.29. The molecule has 2 atom stereocenters. The van der Waals surface area contributed by atoms with Crippen LogP contribution in [0.3, 0.4) is 0 Å². The Morgan fingerprint density at radius 1 is 1.06 bits per heavy atom. The van der Waals surface area contributed by atoms with Crippen LogP contribution in [0, 0.1) is 0 Å². The Morgan fingerprint density at radius 2 is 1.44 bits per heavy atom. The highest BCUT2D eigenvalue weighted by molar-refractivity contribution is 7.92. The molecule has 2 unspecified atom stereocenters. The van der Waals surface area contributed by atoms with Crippen LogP contribution in [0.1, 0.15) is 0 Å². The predicted octanol–water partition coefficient (Wildman–Crippen LogP) is 0.801. The molecule has 0 amide bonds. The zero-order valence-electron chi connectivity index (χ0n) is 7.74. The van der Waals surface area contributed by atoms with E-state index >= 15 is 0 Å². The molecule has 0 aromatic rings. The van der Waals surface area contributed by atoms with Crippen LogP contribution >= 0.6 is 29.9 Å². The van der Waals surface area contributed by atoms with Crippen molar-refractivity contribution < 1.29 is 42.1 Å². The minimum absolute atomic E-state index is 0.990. The Bertz CT molecular complexity index is 437. The van der Waals surface area contributed by atoms with Gasteiger partial charge in [0.15, 0.2) is 0 Å². The van der Waals surface area contributed by atoms with Gasteiger partial charge < -0.3 is 24.1 Å². The van der Waals surface area contributed by atoms with Crippen molar-refractivity contribution in [1.82, 2.24) is 0 Å². The van der Waals surface area contributed by atoms with Gasteiger partial charge >= 0.3 is 22.8 Å². The van der Waals surface area contributed by atoms with E-state index < -0.39 is 47.6 Å². The molecule has 0 aromatic heterocycles. The van der Waals surface area contributed by atoms with Crippen molar-refractivity contribution in [2.75, 3.05) is 17.7 Å². The number of rotatable bonds is 2. The molecule has 1 heterocycles. The van der Waals surface area contributed by atoms with Crippen molar-refractivity contribution in [3.05, 3.63) is 0 Å². The molecule has 1 aliphatic heterocycles. The molecule has 0 bridgehead atoms. The monoisotopic (exact) mass is 314 g/mol. The van der Waals surface area contributed by atoms with Gasteiger partial charge in [-0.15, -0.1) is 0 Å². The van der Waals surface area contributed by atoms with E-state index in [1.807, 2.05) is 0 Å². The van der Waals surface area contributed by atoms with Gasteiger partial charge in [0.05, 0.1) is 0 Å². The van der Waals surface area contributed by atoms with E-state index in [-0.39, 0.29) is 0 Å². The first-order valence-corrected chi connectivity index (χ1v) is 11.4. The van der Waals surface area contributed by atoms with Crippen molar-refractivity contribution >= 4 is 29.9 Å². The van der Waals surface area contributed by atoms with Gasteiger partial charge in [-0.05, 0) is 0 Å². The normalized spacial score (nSPS) is 45.5. The third-order valence-electron chi connectivity index (χ3n) is 1.57. The maximum Gasteiger partial charge on any atom is 0.342 e. The second-order valence-corrected chi connectivity index (χ2v) is 13.5. The van der Waals surface area contributed by atoms with Gasteiger partial charge in [0.25, 0.3) is 0 Å². The maximum atomic E-state index is 11.8. The van der Waals surface area contributed by atoms with Gasteiger partial charge in [0.1, 0.15) is 24.9 Å². The topological polar surface area (TPSA) is 158 Å². The summed E-state index contributed by atoms with van der Waals surface area (Å²) in [4.78, 5) is 35.3. The molecule has 0 saturated carbocycles. The van der Waals surface area contributed by atoms with Gasteiger partial charge in [-0.3, -0.25) is 13.7 Å². The SMILES string of the molecule is O=P(O)(O)CP1(=O)CP(=O)(O)OP(=O)(O)C1. The molecule has 1 aliphatic rings. The van der Waals surface area contributed by atoms with E-state index in [1.54, 1.807) is 0 Å². The Kier molecular flexibility index (Phi) is 3.81. The maximum absolute atomic E-state index is 11.8. The van der Waals surface area contributed by atoms with Crippen molar-refractivity contribution in [2.24, 2.45) is 0 Å². The van der Waals surface area contributed by atoms with E-state index in [4.69, 9.17) is 19.6 Å². The van der Waals surface area contributed by atoms with Crippen molar-refractivity contribution in [1.29, 1.82) is 0 Å². The van der Waals surface area contributed by atoms with Crippen LogP contribution in [0.2, 0.25) is 0 Å². The van der Waals surface area contributed by atoms with Crippen molar-refractivity contribution in [2.45, 2.75) is 0 Å². The lowest BCUT2D eigenvalue weighted by Crippen LogP contribution is -2.10. The van der Waals surface area contributed by atoms with E-state index in [0.717, 1.165) is 0 Å². The molecule has 1 rings (SSSR count).